The van der Waals surface area contributed by atoms with Gasteiger partial charge in [-0.25, -0.2) is 4.79 Å². The van der Waals surface area contributed by atoms with Gasteiger partial charge in [-0.2, -0.15) is 10.4 Å². The molecule has 0 aliphatic rings. The van der Waals surface area contributed by atoms with Gasteiger partial charge in [-0.15, -0.1) is 5.10 Å². The van der Waals surface area contributed by atoms with E-state index in [0.717, 1.165) is 5.56 Å². The van der Waals surface area contributed by atoms with E-state index >= 15 is 0 Å². The molecule has 0 aliphatic heterocycles. The van der Waals surface area contributed by atoms with Gasteiger partial charge in [0.2, 0.25) is 0 Å². The molecule has 1 aromatic carbocycles. The Balaban J connectivity index is 2.52. The average Bonchev–Trinajstić information content (AvgIpc) is 2.45. The summed E-state index contributed by atoms with van der Waals surface area (Å²) in [7, 11) is 0. The molecular formula is C15H13N3O3. The van der Waals surface area contributed by atoms with Crippen LogP contribution in [0.3, 0.4) is 0 Å². The van der Waals surface area contributed by atoms with Crippen molar-refractivity contribution in [2.24, 2.45) is 0 Å². The first-order valence-corrected chi connectivity index (χ1v) is 6.19. The van der Waals surface area contributed by atoms with Crippen LogP contribution in [0.4, 0.5) is 0 Å². The van der Waals surface area contributed by atoms with E-state index in [1.807, 2.05) is 6.07 Å². The largest absolute Gasteiger partial charge is 0.478 e. The number of aromatic nitrogens is 2. The number of hydrogen-bond donors (Lipinski definition) is 1. The van der Waals surface area contributed by atoms with E-state index in [0.29, 0.717) is 11.3 Å². The van der Waals surface area contributed by atoms with Crippen LogP contribution >= 0.6 is 0 Å². The number of carboxylic acid groups (broad SMARTS) is 1. The minimum atomic E-state index is -1.11. The molecule has 21 heavy (non-hydrogen) atoms. The van der Waals surface area contributed by atoms with Crippen LogP contribution in [0.25, 0.3) is 0 Å². The molecule has 1 N–H and O–H groups in total. The summed E-state index contributed by atoms with van der Waals surface area (Å²) in [6.07, 6.45) is 0. The fourth-order valence-electron chi connectivity index (χ4n) is 1.79. The van der Waals surface area contributed by atoms with Crippen LogP contribution in [0.2, 0.25) is 0 Å². The maximum atomic E-state index is 11.3. The van der Waals surface area contributed by atoms with Crippen molar-refractivity contribution in [3.05, 3.63) is 46.1 Å². The number of carbonyl (C=O) groups is 1. The van der Waals surface area contributed by atoms with Crippen LogP contribution in [0.5, 0.6) is 11.6 Å². The molecule has 6 heteroatoms. The zero-order valence-corrected chi connectivity index (χ0v) is 11.8. The van der Waals surface area contributed by atoms with Crippen molar-refractivity contribution in [1.29, 1.82) is 5.26 Å². The molecule has 0 saturated heterocycles. The smallest absolute Gasteiger partial charge is 0.339 e. The Morgan fingerprint density at radius 2 is 2.00 bits per heavy atom. The van der Waals surface area contributed by atoms with Crippen molar-refractivity contribution < 1.29 is 14.6 Å². The summed E-state index contributed by atoms with van der Waals surface area (Å²) >= 11 is 0. The number of ether oxygens (including phenoxy) is 1. The lowest BCUT2D eigenvalue weighted by Gasteiger charge is -2.11. The third-order valence-electron chi connectivity index (χ3n) is 3.11. The van der Waals surface area contributed by atoms with Crippen LogP contribution < -0.4 is 4.74 Å². The summed E-state index contributed by atoms with van der Waals surface area (Å²) in [6.45, 7) is 5.26. The van der Waals surface area contributed by atoms with Crippen LogP contribution in [0, 0.1) is 32.1 Å². The monoisotopic (exact) mass is 283 g/mol. The third kappa shape index (κ3) is 2.82. The number of hydrogen-bond acceptors (Lipinski definition) is 5. The molecule has 6 nitrogen and oxygen atoms in total. The summed E-state index contributed by atoms with van der Waals surface area (Å²) in [5.41, 5.74) is 2.34. The zero-order chi connectivity index (χ0) is 15.6. The Bertz CT molecular complexity index is 763. The van der Waals surface area contributed by atoms with Gasteiger partial charge < -0.3 is 9.84 Å². The Hall–Kier alpha value is -2.94. The first kappa shape index (κ1) is 14.5. The van der Waals surface area contributed by atoms with Crippen molar-refractivity contribution in [3.63, 3.8) is 0 Å². The van der Waals surface area contributed by atoms with Gasteiger partial charge in [0.25, 0.3) is 5.88 Å². The second-order valence-corrected chi connectivity index (χ2v) is 4.61. The topological polar surface area (TPSA) is 96.1 Å². The van der Waals surface area contributed by atoms with Gasteiger partial charge in [0.05, 0.1) is 5.69 Å². The highest BCUT2D eigenvalue weighted by atomic mass is 16.5. The lowest BCUT2D eigenvalue weighted by atomic mass is 10.1. The lowest BCUT2D eigenvalue weighted by molar-refractivity contribution is 0.0694. The maximum absolute atomic E-state index is 11.3. The number of carboxylic acids is 1. The summed E-state index contributed by atoms with van der Waals surface area (Å²) < 4.78 is 5.51. The van der Waals surface area contributed by atoms with Gasteiger partial charge in [0.1, 0.15) is 22.9 Å². The highest BCUT2D eigenvalue weighted by molar-refractivity contribution is 5.91. The minimum absolute atomic E-state index is 0.00644. The predicted molar refractivity (Wildman–Crippen MR) is 74.4 cm³/mol. The van der Waals surface area contributed by atoms with Crippen LogP contribution in [-0.2, 0) is 0 Å². The van der Waals surface area contributed by atoms with Crippen molar-refractivity contribution >= 4 is 5.97 Å². The number of aromatic carboxylic acids is 1. The van der Waals surface area contributed by atoms with Crippen molar-refractivity contribution in [2.45, 2.75) is 20.8 Å². The van der Waals surface area contributed by atoms with E-state index in [-0.39, 0.29) is 22.8 Å². The van der Waals surface area contributed by atoms with Crippen molar-refractivity contribution in [3.8, 4) is 17.7 Å². The van der Waals surface area contributed by atoms with E-state index in [4.69, 9.17) is 4.74 Å². The van der Waals surface area contributed by atoms with Gasteiger partial charge in [-0.3, -0.25) is 0 Å². The Kier molecular flexibility index (Phi) is 3.85. The molecule has 2 rings (SSSR count). The van der Waals surface area contributed by atoms with Gasteiger partial charge >= 0.3 is 5.97 Å². The summed E-state index contributed by atoms with van der Waals surface area (Å²) in [5.74, 6) is -0.974. The molecule has 0 atom stereocenters. The molecule has 0 aliphatic carbocycles. The van der Waals surface area contributed by atoms with E-state index in [9.17, 15) is 15.2 Å². The van der Waals surface area contributed by atoms with E-state index < -0.39 is 5.97 Å². The molecule has 0 fully saturated rings. The Labute approximate surface area is 121 Å². The first-order chi connectivity index (χ1) is 9.93. The van der Waals surface area contributed by atoms with Gasteiger partial charge in [-0.05, 0) is 38.5 Å². The van der Waals surface area contributed by atoms with Crippen LogP contribution in [0.15, 0.2) is 18.2 Å². The molecule has 1 aromatic heterocycles. The summed E-state index contributed by atoms with van der Waals surface area (Å²) in [6, 6.07) is 6.77. The zero-order valence-electron chi connectivity index (χ0n) is 11.8. The lowest BCUT2D eigenvalue weighted by Crippen LogP contribution is -2.04. The quantitative estimate of drug-likeness (QED) is 0.930. The molecule has 2 aromatic rings. The normalized spacial score (nSPS) is 10.0. The Morgan fingerprint density at radius 3 is 2.62 bits per heavy atom. The van der Waals surface area contributed by atoms with E-state index in [1.54, 1.807) is 26.8 Å². The summed E-state index contributed by atoms with van der Waals surface area (Å²) in [5, 5.41) is 26.2. The number of nitrogens with zero attached hydrogens (tertiary/aromatic N) is 3. The highest BCUT2D eigenvalue weighted by Gasteiger charge is 2.17. The molecule has 1 heterocycles. The maximum Gasteiger partial charge on any atom is 0.339 e. The van der Waals surface area contributed by atoms with Crippen molar-refractivity contribution in [1.82, 2.24) is 10.2 Å². The molecule has 0 bridgehead atoms. The highest BCUT2D eigenvalue weighted by Crippen LogP contribution is 2.28. The van der Waals surface area contributed by atoms with Crippen LogP contribution in [-0.4, -0.2) is 21.3 Å². The predicted octanol–water partition coefficient (Wildman–Crippen LogP) is 2.76. The third-order valence-corrected chi connectivity index (χ3v) is 3.11. The SMILES string of the molecule is Cc1ccc(Oc2nnc(C)c(C)c2C#N)c(C(=O)O)c1. The van der Waals surface area contributed by atoms with Gasteiger partial charge in [-0.1, -0.05) is 11.6 Å². The second kappa shape index (κ2) is 5.59. The number of rotatable bonds is 3. The average molecular weight is 283 g/mol. The van der Waals surface area contributed by atoms with Crippen LogP contribution in [0.1, 0.15) is 32.7 Å². The first-order valence-electron chi connectivity index (χ1n) is 6.19. The molecule has 0 amide bonds. The number of benzene rings is 1. The Morgan fingerprint density at radius 1 is 1.29 bits per heavy atom. The molecule has 0 saturated carbocycles. The molecule has 0 spiro atoms. The van der Waals surface area contributed by atoms with Crippen molar-refractivity contribution in [2.75, 3.05) is 0 Å². The fourth-order valence-corrected chi connectivity index (χ4v) is 1.79. The van der Waals surface area contributed by atoms with E-state index in [2.05, 4.69) is 10.2 Å². The molecule has 0 radical (unpaired) electrons. The number of aryl methyl sites for hydroxylation is 2. The summed E-state index contributed by atoms with van der Waals surface area (Å²) in [4.78, 5) is 11.3. The second-order valence-electron chi connectivity index (χ2n) is 4.61. The molecule has 0 unspecified atom stereocenters. The standard InChI is InChI=1S/C15H13N3O3/c1-8-4-5-13(11(6-8)15(19)20)21-14-12(7-16)9(2)10(3)17-18-14/h4-6H,1-3H3,(H,19,20). The molecular weight excluding hydrogens is 270 g/mol. The molecule has 106 valence electrons. The van der Waals surface area contributed by atoms with E-state index in [1.165, 1.54) is 12.1 Å². The van der Waals surface area contributed by atoms with Gasteiger partial charge in [0.15, 0.2) is 0 Å². The number of nitriles is 1. The fraction of sp³-hybridized carbons (Fsp3) is 0.200. The minimum Gasteiger partial charge on any atom is -0.478 e. The van der Waals surface area contributed by atoms with Gasteiger partial charge in [0, 0.05) is 0 Å².